The summed E-state index contributed by atoms with van der Waals surface area (Å²) in [5, 5.41) is 6.91. The van der Waals surface area contributed by atoms with Gasteiger partial charge in [-0.1, -0.05) is 26.7 Å². The van der Waals surface area contributed by atoms with E-state index in [9.17, 15) is 0 Å². The summed E-state index contributed by atoms with van der Waals surface area (Å²) >= 11 is 0. The molecule has 126 valence electrons. The lowest BCUT2D eigenvalue weighted by molar-refractivity contribution is 0.292. The minimum absolute atomic E-state index is 0. The zero-order valence-electron chi connectivity index (χ0n) is 14.3. The maximum atomic E-state index is 4.30. The SMILES string of the molecule is CCN(CC)CCCC(C)NC(=NC)NCCC1CC1.I. The molecule has 4 nitrogen and oxygen atoms in total. The van der Waals surface area contributed by atoms with Crippen molar-refractivity contribution >= 4 is 29.9 Å². The summed E-state index contributed by atoms with van der Waals surface area (Å²) in [5.41, 5.74) is 0. The number of hydrogen-bond acceptors (Lipinski definition) is 2. The van der Waals surface area contributed by atoms with E-state index in [1.165, 1.54) is 38.6 Å². The van der Waals surface area contributed by atoms with Crippen LogP contribution in [0.1, 0.15) is 52.9 Å². The first-order valence-electron chi connectivity index (χ1n) is 8.39. The molecule has 1 aliphatic carbocycles. The van der Waals surface area contributed by atoms with Crippen molar-refractivity contribution in [2.45, 2.75) is 58.9 Å². The minimum atomic E-state index is 0. The van der Waals surface area contributed by atoms with Gasteiger partial charge in [-0.05, 0) is 51.7 Å². The van der Waals surface area contributed by atoms with Crippen LogP contribution >= 0.6 is 24.0 Å². The molecule has 1 saturated carbocycles. The monoisotopic (exact) mass is 410 g/mol. The Balaban J connectivity index is 0.00000400. The van der Waals surface area contributed by atoms with Gasteiger partial charge in [-0.15, -0.1) is 24.0 Å². The molecule has 5 heteroatoms. The maximum absolute atomic E-state index is 4.30. The molecule has 0 saturated heterocycles. The van der Waals surface area contributed by atoms with E-state index >= 15 is 0 Å². The van der Waals surface area contributed by atoms with Crippen LogP contribution in [-0.2, 0) is 0 Å². The first-order valence-corrected chi connectivity index (χ1v) is 8.39. The van der Waals surface area contributed by atoms with Crippen LogP contribution in [0.4, 0.5) is 0 Å². The number of nitrogens with one attached hydrogen (secondary N) is 2. The van der Waals surface area contributed by atoms with Gasteiger partial charge in [0.05, 0.1) is 0 Å². The van der Waals surface area contributed by atoms with Gasteiger partial charge in [-0.2, -0.15) is 0 Å². The molecular formula is C16H35IN4. The van der Waals surface area contributed by atoms with E-state index < -0.39 is 0 Å². The molecule has 1 atom stereocenters. The Labute approximate surface area is 148 Å². The zero-order valence-corrected chi connectivity index (χ0v) is 16.7. The smallest absolute Gasteiger partial charge is 0.191 e. The molecule has 1 unspecified atom stereocenters. The number of nitrogens with zero attached hydrogens (tertiary/aromatic N) is 2. The highest BCUT2D eigenvalue weighted by atomic mass is 127. The van der Waals surface area contributed by atoms with E-state index in [2.05, 4.69) is 41.3 Å². The number of hydrogen-bond donors (Lipinski definition) is 2. The Bertz CT molecular complexity index is 275. The third-order valence-electron chi connectivity index (χ3n) is 4.15. The molecule has 0 radical (unpaired) electrons. The molecular weight excluding hydrogens is 375 g/mol. The zero-order chi connectivity index (χ0) is 14.8. The fraction of sp³-hybridized carbons (Fsp3) is 0.938. The van der Waals surface area contributed by atoms with Crippen molar-refractivity contribution in [3.63, 3.8) is 0 Å². The van der Waals surface area contributed by atoms with Gasteiger partial charge >= 0.3 is 0 Å². The van der Waals surface area contributed by atoms with Crippen molar-refractivity contribution in [1.82, 2.24) is 15.5 Å². The normalized spacial score (nSPS) is 16.5. The molecule has 1 fully saturated rings. The van der Waals surface area contributed by atoms with Crippen molar-refractivity contribution in [2.75, 3.05) is 33.2 Å². The van der Waals surface area contributed by atoms with Crippen LogP contribution < -0.4 is 10.6 Å². The molecule has 0 aliphatic heterocycles. The van der Waals surface area contributed by atoms with Crippen molar-refractivity contribution in [2.24, 2.45) is 10.9 Å². The largest absolute Gasteiger partial charge is 0.356 e. The van der Waals surface area contributed by atoms with Crippen molar-refractivity contribution in [3.05, 3.63) is 0 Å². The Hall–Kier alpha value is -0.0400. The molecule has 0 heterocycles. The first-order chi connectivity index (χ1) is 9.69. The summed E-state index contributed by atoms with van der Waals surface area (Å²) in [4.78, 5) is 6.79. The molecule has 0 spiro atoms. The Kier molecular flexibility index (Phi) is 12.5. The standard InChI is InChI=1S/C16H34N4.HI/c1-5-20(6-2)13-7-8-14(3)19-16(17-4)18-12-11-15-9-10-15;/h14-15H,5-13H2,1-4H3,(H2,17,18,19);1H. The van der Waals surface area contributed by atoms with E-state index in [-0.39, 0.29) is 24.0 Å². The van der Waals surface area contributed by atoms with Crippen LogP contribution in [0.5, 0.6) is 0 Å². The molecule has 0 aromatic rings. The average Bonchev–Trinajstić information content (AvgIpc) is 3.26. The van der Waals surface area contributed by atoms with Gasteiger partial charge in [0.15, 0.2) is 5.96 Å². The van der Waals surface area contributed by atoms with Gasteiger partial charge in [-0.3, -0.25) is 4.99 Å². The highest BCUT2D eigenvalue weighted by Gasteiger charge is 2.20. The Morgan fingerprint density at radius 1 is 1.29 bits per heavy atom. The lowest BCUT2D eigenvalue weighted by Crippen LogP contribution is -2.42. The summed E-state index contributed by atoms with van der Waals surface area (Å²) in [5.74, 6) is 1.94. The van der Waals surface area contributed by atoms with Crippen LogP contribution in [0.2, 0.25) is 0 Å². The molecule has 0 aromatic heterocycles. The lowest BCUT2D eigenvalue weighted by atomic mass is 10.2. The van der Waals surface area contributed by atoms with Crippen LogP contribution in [0.15, 0.2) is 4.99 Å². The molecule has 0 amide bonds. The van der Waals surface area contributed by atoms with Crippen molar-refractivity contribution in [1.29, 1.82) is 0 Å². The van der Waals surface area contributed by atoms with Crippen molar-refractivity contribution < 1.29 is 0 Å². The summed E-state index contributed by atoms with van der Waals surface area (Å²) in [7, 11) is 1.86. The van der Waals surface area contributed by atoms with E-state index in [1.807, 2.05) is 7.05 Å². The topological polar surface area (TPSA) is 39.7 Å². The van der Waals surface area contributed by atoms with Gasteiger partial charge < -0.3 is 15.5 Å². The highest BCUT2D eigenvalue weighted by Crippen LogP contribution is 2.31. The predicted octanol–water partition coefficient (Wildman–Crippen LogP) is 3.08. The van der Waals surface area contributed by atoms with Crippen LogP contribution in [0.3, 0.4) is 0 Å². The Morgan fingerprint density at radius 3 is 2.48 bits per heavy atom. The molecule has 1 rings (SSSR count). The van der Waals surface area contributed by atoms with Crippen LogP contribution in [0, 0.1) is 5.92 Å². The van der Waals surface area contributed by atoms with Crippen molar-refractivity contribution in [3.8, 4) is 0 Å². The maximum Gasteiger partial charge on any atom is 0.191 e. The van der Waals surface area contributed by atoms with E-state index in [0.717, 1.165) is 31.5 Å². The lowest BCUT2D eigenvalue weighted by Gasteiger charge is -2.21. The van der Waals surface area contributed by atoms with E-state index in [1.54, 1.807) is 0 Å². The predicted molar refractivity (Wildman–Crippen MR) is 104 cm³/mol. The number of rotatable bonds is 10. The van der Waals surface area contributed by atoms with Gasteiger partial charge in [0.2, 0.25) is 0 Å². The minimum Gasteiger partial charge on any atom is -0.356 e. The quantitative estimate of drug-likeness (QED) is 0.330. The van der Waals surface area contributed by atoms with Crippen LogP contribution in [0.25, 0.3) is 0 Å². The summed E-state index contributed by atoms with van der Waals surface area (Å²) in [6.45, 7) is 11.3. The van der Waals surface area contributed by atoms with E-state index in [4.69, 9.17) is 0 Å². The molecule has 0 aromatic carbocycles. The van der Waals surface area contributed by atoms with Gasteiger partial charge in [0, 0.05) is 19.6 Å². The third-order valence-corrected chi connectivity index (χ3v) is 4.15. The number of guanidine groups is 1. The second-order valence-electron chi connectivity index (χ2n) is 5.95. The molecule has 21 heavy (non-hydrogen) atoms. The second-order valence-corrected chi connectivity index (χ2v) is 5.95. The molecule has 1 aliphatic rings. The van der Waals surface area contributed by atoms with Gasteiger partial charge in [0.25, 0.3) is 0 Å². The average molecular weight is 410 g/mol. The molecule has 2 N–H and O–H groups in total. The van der Waals surface area contributed by atoms with Gasteiger partial charge in [-0.25, -0.2) is 0 Å². The fourth-order valence-electron chi connectivity index (χ4n) is 2.46. The number of aliphatic imine (C=N–C) groups is 1. The Morgan fingerprint density at radius 2 is 1.95 bits per heavy atom. The summed E-state index contributed by atoms with van der Waals surface area (Å²) < 4.78 is 0. The second kappa shape index (κ2) is 12.5. The molecule has 0 bridgehead atoms. The van der Waals surface area contributed by atoms with Gasteiger partial charge in [0.1, 0.15) is 0 Å². The first kappa shape index (κ1) is 21.0. The van der Waals surface area contributed by atoms with E-state index in [0.29, 0.717) is 6.04 Å². The fourth-order valence-corrected chi connectivity index (χ4v) is 2.46. The van der Waals surface area contributed by atoms with Crippen LogP contribution in [-0.4, -0.2) is 50.1 Å². The summed E-state index contributed by atoms with van der Waals surface area (Å²) in [6.07, 6.45) is 6.58. The third kappa shape index (κ3) is 10.3. The summed E-state index contributed by atoms with van der Waals surface area (Å²) in [6, 6.07) is 0.484. The highest BCUT2D eigenvalue weighted by molar-refractivity contribution is 14.0. The number of halogens is 1.